The summed E-state index contributed by atoms with van der Waals surface area (Å²) in [6.45, 7) is 4.72. The lowest BCUT2D eigenvalue weighted by Gasteiger charge is -2.33. The van der Waals surface area contributed by atoms with Gasteiger partial charge in [-0.25, -0.2) is 13.1 Å². The Bertz CT molecular complexity index is 1420. The van der Waals surface area contributed by atoms with Gasteiger partial charge >= 0.3 is 0 Å². The number of benzene rings is 2. The number of hydrogen-bond donors (Lipinski definition) is 5. The number of carbonyl (C=O) groups excluding carboxylic acids is 2. The van der Waals surface area contributed by atoms with E-state index in [4.69, 9.17) is 37.4 Å². The van der Waals surface area contributed by atoms with Crippen LogP contribution in [0.5, 0.6) is 0 Å². The molecule has 0 fully saturated rings. The van der Waals surface area contributed by atoms with Crippen molar-refractivity contribution >= 4 is 45.0 Å². The van der Waals surface area contributed by atoms with E-state index in [-0.39, 0.29) is 70.1 Å². The summed E-state index contributed by atoms with van der Waals surface area (Å²) in [6.07, 6.45) is -3.74. The largest absolute Gasteiger partial charge is 0.380 e. The molecule has 0 aromatic heterocycles. The van der Waals surface area contributed by atoms with Gasteiger partial charge in [0.2, 0.25) is 10.0 Å². The summed E-state index contributed by atoms with van der Waals surface area (Å²) >= 11 is 12.8. The molecule has 256 valence electrons. The van der Waals surface area contributed by atoms with E-state index in [9.17, 15) is 28.2 Å². The average molecular weight is 706 g/mol. The molecule has 5 N–H and O–H groups in total. The second kappa shape index (κ2) is 18.8. The molecule has 46 heavy (non-hydrogen) atoms. The fourth-order valence-electron chi connectivity index (χ4n) is 4.82. The molecule has 2 aromatic carbocycles. The van der Waals surface area contributed by atoms with Crippen LogP contribution in [0.2, 0.25) is 10.0 Å². The monoisotopic (exact) mass is 704 g/mol. The summed E-state index contributed by atoms with van der Waals surface area (Å²) in [5.74, 6) is -1.81. The zero-order chi connectivity index (χ0) is 33.7. The van der Waals surface area contributed by atoms with Gasteiger partial charge in [-0.3, -0.25) is 9.59 Å². The van der Waals surface area contributed by atoms with Gasteiger partial charge in [-0.1, -0.05) is 35.3 Å². The lowest BCUT2D eigenvalue weighted by Crippen LogP contribution is -2.49. The molecular weight excluding hydrogens is 663 g/mol. The number of carbonyl (C=O) groups is 2. The summed E-state index contributed by atoms with van der Waals surface area (Å²) in [5, 5.41) is 25.2. The van der Waals surface area contributed by atoms with Gasteiger partial charge in [0, 0.05) is 48.7 Å². The van der Waals surface area contributed by atoms with Gasteiger partial charge < -0.3 is 40.0 Å². The van der Waals surface area contributed by atoms with Gasteiger partial charge in [-0.15, -0.1) is 0 Å². The minimum atomic E-state index is -3.78. The van der Waals surface area contributed by atoms with Gasteiger partial charge in [0.15, 0.2) is 12.2 Å². The molecule has 1 aliphatic rings. The van der Waals surface area contributed by atoms with E-state index in [0.29, 0.717) is 23.1 Å². The number of likely N-dealkylation sites (N-methyl/N-ethyl adjacent to an activating group) is 2. The van der Waals surface area contributed by atoms with Crippen LogP contribution in [-0.2, 0) is 40.4 Å². The fourth-order valence-corrected chi connectivity index (χ4v) is 6.46. The summed E-state index contributed by atoms with van der Waals surface area (Å²) < 4.78 is 44.7. The molecule has 0 bridgehead atoms. The first-order chi connectivity index (χ1) is 21.9. The lowest BCUT2D eigenvalue weighted by molar-refractivity contribution is -0.146. The molecule has 3 rings (SSSR count). The number of halogens is 2. The number of hydrogen-bond acceptors (Lipinski definition) is 10. The zero-order valence-corrected chi connectivity index (χ0v) is 28.2. The maximum atomic E-state index is 13.0. The van der Waals surface area contributed by atoms with Crippen molar-refractivity contribution in [3.05, 3.63) is 63.1 Å². The Balaban J connectivity index is 1.30. The highest BCUT2D eigenvalue weighted by atomic mass is 35.5. The van der Waals surface area contributed by atoms with Crippen LogP contribution in [0.25, 0.3) is 0 Å². The molecule has 3 atom stereocenters. The highest BCUT2D eigenvalue weighted by Gasteiger charge is 2.30. The normalized spacial score (nSPS) is 16.4. The van der Waals surface area contributed by atoms with Crippen LogP contribution in [-0.4, -0.2) is 120 Å². The van der Waals surface area contributed by atoms with E-state index in [1.54, 1.807) is 31.2 Å². The van der Waals surface area contributed by atoms with Crippen molar-refractivity contribution in [1.82, 2.24) is 20.3 Å². The summed E-state index contributed by atoms with van der Waals surface area (Å²) in [7, 11) is -1.78. The maximum Gasteiger partial charge on any atom is 0.252 e. The van der Waals surface area contributed by atoms with Gasteiger partial charge in [-0.05, 0) is 54.9 Å². The number of rotatable bonds is 19. The molecule has 2 aromatic rings. The third-order valence-corrected chi connectivity index (χ3v) is 9.09. The number of aliphatic hydroxyl groups is 2. The minimum absolute atomic E-state index is 0.0664. The van der Waals surface area contributed by atoms with Crippen LogP contribution in [0.3, 0.4) is 0 Å². The number of fused-ring (bicyclic) bond motifs is 1. The Morgan fingerprint density at radius 1 is 0.935 bits per heavy atom. The molecule has 0 saturated carbocycles. The maximum absolute atomic E-state index is 13.0. The smallest absolute Gasteiger partial charge is 0.252 e. The van der Waals surface area contributed by atoms with Crippen molar-refractivity contribution in [3.63, 3.8) is 0 Å². The average Bonchev–Trinajstić information content (AvgIpc) is 3.02. The van der Waals surface area contributed by atoms with E-state index in [1.807, 2.05) is 19.2 Å². The highest BCUT2D eigenvalue weighted by molar-refractivity contribution is 7.89. The number of amides is 2. The molecule has 13 nitrogen and oxygen atoms in total. The van der Waals surface area contributed by atoms with E-state index in [1.165, 1.54) is 0 Å². The predicted molar refractivity (Wildman–Crippen MR) is 172 cm³/mol. The van der Waals surface area contributed by atoms with Gasteiger partial charge in [-0.2, -0.15) is 0 Å². The van der Waals surface area contributed by atoms with Gasteiger partial charge in [0.05, 0.1) is 44.5 Å². The Morgan fingerprint density at radius 3 is 2.20 bits per heavy atom. The van der Waals surface area contributed by atoms with Crippen molar-refractivity contribution < 1.29 is 42.4 Å². The van der Waals surface area contributed by atoms with E-state index >= 15 is 0 Å². The first kappa shape index (κ1) is 38.1. The van der Waals surface area contributed by atoms with Crippen molar-refractivity contribution in [2.45, 2.75) is 36.5 Å². The van der Waals surface area contributed by atoms with Crippen LogP contribution in [0.1, 0.15) is 29.5 Å². The van der Waals surface area contributed by atoms with Crippen molar-refractivity contribution in [2.24, 2.45) is 0 Å². The second-order valence-corrected chi connectivity index (χ2v) is 13.2. The number of aliphatic hydroxyl groups excluding tert-OH is 2. The predicted octanol–water partition coefficient (Wildman–Crippen LogP) is 0.873. The molecule has 0 aliphatic carbocycles. The van der Waals surface area contributed by atoms with Crippen LogP contribution >= 0.6 is 23.2 Å². The van der Waals surface area contributed by atoms with E-state index < -0.39 is 34.0 Å². The van der Waals surface area contributed by atoms with E-state index in [0.717, 1.165) is 16.7 Å². The fraction of sp³-hybridized carbons (Fsp3) is 0.533. The first-order valence-electron chi connectivity index (χ1n) is 14.8. The van der Waals surface area contributed by atoms with Crippen LogP contribution in [0, 0.1) is 0 Å². The highest BCUT2D eigenvalue weighted by Crippen LogP contribution is 2.38. The topological polar surface area (TPSA) is 176 Å². The van der Waals surface area contributed by atoms with E-state index in [2.05, 4.69) is 20.3 Å². The molecule has 1 heterocycles. The lowest BCUT2D eigenvalue weighted by atomic mass is 9.85. The number of sulfonamides is 1. The summed E-state index contributed by atoms with van der Waals surface area (Å²) in [6, 6.07) is 10.5. The molecular formula is C30H42Cl2N4O9S. The zero-order valence-electron chi connectivity index (χ0n) is 25.8. The second-order valence-electron chi connectivity index (χ2n) is 10.6. The quantitative estimate of drug-likeness (QED) is 0.132. The summed E-state index contributed by atoms with van der Waals surface area (Å²) in [5.41, 5.74) is 2.83. The Hall–Kier alpha value is -2.37. The third-order valence-electron chi connectivity index (χ3n) is 7.08. The Morgan fingerprint density at radius 2 is 1.54 bits per heavy atom. The SMILES string of the molecule is CCNC(=O)[C@H](O)[C@H](O)C(=O)NCCOCCOCCOCCNS(=O)(=O)c1cccc(C2CN(C)Cc3c(Cl)cc(Cl)cc32)c1. The summed E-state index contributed by atoms with van der Waals surface area (Å²) in [4.78, 5) is 25.6. The minimum Gasteiger partial charge on any atom is -0.380 e. The Labute approximate surface area is 279 Å². The molecule has 0 spiro atoms. The van der Waals surface area contributed by atoms with Crippen LogP contribution in [0.4, 0.5) is 0 Å². The molecule has 0 radical (unpaired) electrons. The first-order valence-corrected chi connectivity index (χ1v) is 17.1. The number of nitrogens with one attached hydrogen (secondary N) is 3. The van der Waals surface area contributed by atoms with Crippen molar-refractivity contribution in [2.75, 3.05) is 72.9 Å². The number of ether oxygens (including phenoxy) is 3. The molecule has 1 aliphatic heterocycles. The van der Waals surface area contributed by atoms with Crippen LogP contribution in [0.15, 0.2) is 41.3 Å². The number of nitrogens with zero attached hydrogens (tertiary/aromatic N) is 1. The van der Waals surface area contributed by atoms with Crippen molar-refractivity contribution in [1.29, 1.82) is 0 Å². The van der Waals surface area contributed by atoms with Crippen LogP contribution < -0.4 is 15.4 Å². The molecule has 1 unspecified atom stereocenters. The third kappa shape index (κ3) is 11.4. The standard InChI is InChI=1S/C30H42Cl2N4O9S/c1-3-33-29(39)27(37)28(38)30(40)34-7-9-43-11-13-45-14-12-44-10-8-35-46(41,42)22-6-4-5-20(15-22)24-18-36(2)19-25-23(24)16-21(31)17-26(25)32/h4-6,15-17,24,27-28,35,37-38H,3,7-14,18-19H2,1-2H3,(H,33,39)(H,34,40)/t24?,27-,28+/m1/s1. The molecule has 0 saturated heterocycles. The Kier molecular flexibility index (Phi) is 15.6. The van der Waals surface area contributed by atoms with Gasteiger partial charge in [0.1, 0.15) is 0 Å². The molecule has 16 heteroatoms. The molecule has 2 amide bonds. The van der Waals surface area contributed by atoms with Crippen molar-refractivity contribution in [3.8, 4) is 0 Å². The van der Waals surface area contributed by atoms with Gasteiger partial charge in [0.25, 0.3) is 11.8 Å².